The van der Waals surface area contributed by atoms with Crippen molar-refractivity contribution in [3.05, 3.63) is 42.9 Å². The maximum absolute atomic E-state index is 13.3. The number of rotatable bonds is 5. The van der Waals surface area contributed by atoms with Gasteiger partial charge in [-0.2, -0.15) is 0 Å². The molecule has 3 aliphatic heterocycles. The van der Waals surface area contributed by atoms with E-state index in [1.165, 1.54) is 42.2 Å². The molecule has 5 heterocycles. The van der Waals surface area contributed by atoms with Crippen molar-refractivity contribution in [1.82, 2.24) is 30.5 Å². The number of nitrogens with one attached hydrogen (secondary N) is 2. The van der Waals surface area contributed by atoms with Crippen LogP contribution in [0.4, 0.5) is 16.2 Å². The van der Waals surface area contributed by atoms with Crippen LogP contribution in [-0.4, -0.2) is 69.2 Å². The topological polar surface area (TPSA) is 130 Å². The van der Waals surface area contributed by atoms with E-state index in [1.807, 2.05) is 0 Å². The first-order valence-corrected chi connectivity index (χ1v) is 11.7. The molecule has 5 rings (SSSR count). The fourth-order valence-electron chi connectivity index (χ4n) is 4.52. The summed E-state index contributed by atoms with van der Waals surface area (Å²) in [7, 11) is 1.47. The summed E-state index contributed by atoms with van der Waals surface area (Å²) in [5, 5.41) is 6.14. The molecule has 1 saturated heterocycles. The molecule has 3 aliphatic rings. The number of pyridine rings is 1. The first-order chi connectivity index (χ1) is 16.5. The van der Waals surface area contributed by atoms with Gasteiger partial charge < -0.3 is 20.3 Å². The zero-order valence-corrected chi connectivity index (χ0v) is 19.2. The summed E-state index contributed by atoms with van der Waals surface area (Å²) in [6.45, 7) is 4.63. The van der Waals surface area contributed by atoms with E-state index in [-0.39, 0.29) is 29.9 Å². The fourth-order valence-corrected chi connectivity index (χ4v) is 5.76. The lowest BCUT2D eigenvalue weighted by Gasteiger charge is -2.35. The van der Waals surface area contributed by atoms with Crippen LogP contribution in [0.15, 0.2) is 42.3 Å². The highest BCUT2D eigenvalue weighted by Gasteiger charge is 2.47. The molecule has 3 atom stereocenters. The van der Waals surface area contributed by atoms with Gasteiger partial charge in [0.2, 0.25) is 11.8 Å². The zero-order valence-electron chi connectivity index (χ0n) is 18.4. The maximum atomic E-state index is 13.3. The van der Waals surface area contributed by atoms with E-state index in [0.717, 1.165) is 18.4 Å². The van der Waals surface area contributed by atoms with Gasteiger partial charge in [-0.25, -0.2) is 19.7 Å². The number of hydrogen-bond acceptors (Lipinski definition) is 8. The predicted molar refractivity (Wildman–Crippen MR) is 124 cm³/mol. The normalized spacial score (nSPS) is 23.1. The minimum Gasteiger partial charge on any atom is -0.467 e. The summed E-state index contributed by atoms with van der Waals surface area (Å²) in [6, 6.07) is 0.872. The van der Waals surface area contributed by atoms with E-state index in [9.17, 15) is 14.4 Å². The molecule has 11 nitrogen and oxygen atoms in total. The number of ether oxygens (including phenoxy) is 1. The molecule has 0 saturated carbocycles. The van der Waals surface area contributed by atoms with E-state index >= 15 is 0 Å². The number of thioether (sulfide) groups is 1. The molecule has 34 heavy (non-hydrogen) atoms. The quantitative estimate of drug-likeness (QED) is 0.616. The highest BCUT2D eigenvalue weighted by molar-refractivity contribution is 8.01. The molecule has 0 spiro atoms. The lowest BCUT2D eigenvalue weighted by Crippen LogP contribution is -2.53. The van der Waals surface area contributed by atoms with Gasteiger partial charge in [0.25, 0.3) is 0 Å². The maximum Gasteiger partial charge on any atom is 0.327 e. The Morgan fingerprint density at radius 1 is 1.32 bits per heavy atom. The third-order valence-electron chi connectivity index (χ3n) is 6.07. The van der Waals surface area contributed by atoms with Crippen LogP contribution in [0.3, 0.4) is 0 Å². The van der Waals surface area contributed by atoms with Crippen LogP contribution in [0.25, 0.3) is 0 Å². The molecule has 2 aromatic heterocycles. The highest BCUT2D eigenvalue weighted by Crippen LogP contribution is 2.50. The fraction of sp³-hybridized carbons (Fsp3) is 0.364. The second-order valence-electron chi connectivity index (χ2n) is 8.11. The number of urea groups is 1. The van der Waals surface area contributed by atoms with Gasteiger partial charge in [-0.05, 0) is 25.0 Å². The average Bonchev–Trinajstić information content (AvgIpc) is 3.23. The first-order valence-electron chi connectivity index (χ1n) is 10.8. The Kier molecular flexibility index (Phi) is 5.82. The number of hydrogen-bond donors (Lipinski definition) is 2. The summed E-state index contributed by atoms with van der Waals surface area (Å²) in [5.74, 6) is -0.337. The van der Waals surface area contributed by atoms with Crippen LogP contribution in [0.1, 0.15) is 24.4 Å². The van der Waals surface area contributed by atoms with Crippen molar-refractivity contribution in [2.45, 2.75) is 35.2 Å². The number of methoxy groups -OCH3 is 1. The smallest absolute Gasteiger partial charge is 0.327 e. The second kappa shape index (κ2) is 8.93. The van der Waals surface area contributed by atoms with Gasteiger partial charge in [0.15, 0.2) is 0 Å². The Morgan fingerprint density at radius 3 is 2.85 bits per heavy atom. The van der Waals surface area contributed by atoms with Crippen LogP contribution < -0.4 is 20.3 Å². The molecular formula is C22H23N7O4S. The molecule has 176 valence electrons. The van der Waals surface area contributed by atoms with E-state index in [1.54, 1.807) is 17.2 Å². The van der Waals surface area contributed by atoms with Crippen molar-refractivity contribution in [1.29, 1.82) is 0 Å². The number of anilines is 2. The number of aromatic nitrogens is 3. The zero-order chi connectivity index (χ0) is 23.8. The molecular weight excluding hydrogens is 458 g/mol. The SMILES string of the molecule is C=CC(=O)N1CCCC(NC(=O)[C@@H]2Sc3nccc4c3C2NC(=O)N4c2cnc(OC)nc2)C1. The average molecular weight is 482 g/mol. The van der Waals surface area contributed by atoms with Crippen molar-refractivity contribution >= 4 is 41.0 Å². The number of piperidine rings is 1. The van der Waals surface area contributed by atoms with Crippen LogP contribution >= 0.6 is 11.8 Å². The molecule has 2 N–H and O–H groups in total. The van der Waals surface area contributed by atoms with Gasteiger partial charge in [-0.1, -0.05) is 18.3 Å². The van der Waals surface area contributed by atoms with Crippen LogP contribution in [0, 0.1) is 0 Å². The van der Waals surface area contributed by atoms with Crippen LogP contribution in [0.5, 0.6) is 6.01 Å². The van der Waals surface area contributed by atoms with Crippen LogP contribution in [-0.2, 0) is 9.59 Å². The predicted octanol–water partition coefficient (Wildman–Crippen LogP) is 1.55. The largest absolute Gasteiger partial charge is 0.467 e. The third-order valence-corrected chi connectivity index (χ3v) is 7.36. The lowest BCUT2D eigenvalue weighted by molar-refractivity contribution is -0.129. The molecule has 0 bridgehead atoms. The number of carbonyl (C=O) groups is 3. The second-order valence-corrected chi connectivity index (χ2v) is 9.24. The molecule has 12 heteroatoms. The van der Waals surface area contributed by atoms with Gasteiger partial charge in [-0.15, -0.1) is 0 Å². The minimum absolute atomic E-state index is 0.141. The Hall–Kier alpha value is -3.67. The summed E-state index contributed by atoms with van der Waals surface area (Å²) in [5.41, 5.74) is 1.89. The summed E-state index contributed by atoms with van der Waals surface area (Å²) in [4.78, 5) is 54.2. The van der Waals surface area contributed by atoms with Crippen molar-refractivity contribution in [3.63, 3.8) is 0 Å². The van der Waals surface area contributed by atoms with E-state index in [4.69, 9.17) is 4.74 Å². The van der Waals surface area contributed by atoms with Crippen molar-refractivity contribution in [2.24, 2.45) is 0 Å². The Morgan fingerprint density at radius 2 is 2.12 bits per heavy atom. The number of carbonyl (C=O) groups excluding carboxylic acids is 3. The van der Waals surface area contributed by atoms with E-state index < -0.39 is 11.3 Å². The van der Waals surface area contributed by atoms with Gasteiger partial charge in [-0.3, -0.25) is 14.5 Å². The van der Waals surface area contributed by atoms with Gasteiger partial charge in [0.1, 0.15) is 10.3 Å². The third kappa shape index (κ3) is 3.83. The standard InChI is InChI=1S/C22H23N7O4S/c1-3-15(30)28-8-4-5-12(11-28)26-19(31)18-17-16-14(6-7-23-20(16)34-18)29(22(32)27-17)13-9-24-21(33-2)25-10-13/h3,6-7,9-10,12,17-18H,1,4-5,8,11H2,2H3,(H,26,31)(H,27,32)/t12?,17?,18-/m1/s1. The number of nitrogens with zero attached hydrogens (tertiary/aromatic N) is 5. The molecule has 1 fully saturated rings. The Bertz CT molecular complexity index is 1160. The van der Waals surface area contributed by atoms with E-state index in [0.29, 0.717) is 29.5 Å². The monoisotopic (exact) mass is 481 g/mol. The Balaban J connectivity index is 1.37. The summed E-state index contributed by atoms with van der Waals surface area (Å²) >= 11 is 1.32. The minimum atomic E-state index is -0.577. The van der Waals surface area contributed by atoms with Gasteiger partial charge in [0, 0.05) is 30.9 Å². The first kappa shape index (κ1) is 22.1. The van der Waals surface area contributed by atoms with E-state index in [2.05, 4.69) is 32.2 Å². The molecule has 0 aromatic carbocycles. The van der Waals surface area contributed by atoms with Gasteiger partial charge in [0.05, 0.1) is 36.9 Å². The molecule has 2 aromatic rings. The highest BCUT2D eigenvalue weighted by atomic mass is 32.2. The Labute approximate surface area is 200 Å². The van der Waals surface area contributed by atoms with Gasteiger partial charge >= 0.3 is 12.0 Å². The van der Waals surface area contributed by atoms with Crippen molar-refractivity contribution < 1.29 is 19.1 Å². The molecule has 4 amide bonds. The van der Waals surface area contributed by atoms with Crippen molar-refractivity contribution in [2.75, 3.05) is 25.1 Å². The molecule has 0 aliphatic carbocycles. The lowest BCUT2D eigenvalue weighted by atomic mass is 9.99. The summed E-state index contributed by atoms with van der Waals surface area (Å²) in [6.07, 6.45) is 7.50. The molecule has 0 radical (unpaired) electrons. The van der Waals surface area contributed by atoms with Crippen molar-refractivity contribution in [3.8, 4) is 6.01 Å². The molecule has 2 unspecified atom stereocenters. The number of amides is 4. The summed E-state index contributed by atoms with van der Waals surface area (Å²) < 4.78 is 5.00. The van der Waals surface area contributed by atoms with Crippen LogP contribution in [0.2, 0.25) is 0 Å². The number of likely N-dealkylation sites (tertiary alicyclic amines) is 1.